The standard InChI is InChI=1S/C27H32N2O4/c1-3-29-12-11-28(16-21-10-9-20(15-24(21)29)26(30)32-4-2)17-25-22-13-18-7-5-6-8-19(18)14-23(22)27(31)33-25/h5-10,15,22-23,25H,3-4,11-14,16-17H2,1-2H3/t22?,23?,25-/m1/s1. The van der Waals surface area contributed by atoms with Crippen LogP contribution in [0.1, 0.15) is 40.9 Å². The van der Waals surface area contributed by atoms with Crippen LogP contribution in [-0.4, -0.2) is 55.7 Å². The van der Waals surface area contributed by atoms with Crippen LogP contribution >= 0.6 is 0 Å². The average molecular weight is 449 g/mol. The summed E-state index contributed by atoms with van der Waals surface area (Å²) < 4.78 is 11.1. The van der Waals surface area contributed by atoms with Gasteiger partial charge in [-0.2, -0.15) is 0 Å². The van der Waals surface area contributed by atoms with Crippen LogP contribution < -0.4 is 4.90 Å². The Morgan fingerprint density at radius 2 is 1.85 bits per heavy atom. The second kappa shape index (κ2) is 9.18. The molecule has 1 saturated heterocycles. The molecule has 1 fully saturated rings. The van der Waals surface area contributed by atoms with Crippen LogP contribution in [0.2, 0.25) is 0 Å². The highest BCUT2D eigenvalue weighted by atomic mass is 16.6. The summed E-state index contributed by atoms with van der Waals surface area (Å²) in [5.41, 5.74) is 5.52. The number of cyclic esters (lactones) is 1. The zero-order chi connectivity index (χ0) is 22.9. The zero-order valence-corrected chi connectivity index (χ0v) is 19.5. The molecule has 0 radical (unpaired) electrons. The molecule has 2 aromatic rings. The van der Waals surface area contributed by atoms with E-state index in [4.69, 9.17) is 9.47 Å². The SMILES string of the molecule is CCOC(=O)c1ccc2c(c1)N(CC)CCN(C[C@H]1OC(=O)C3Cc4ccccc4CC31)C2. The highest BCUT2D eigenvalue weighted by Crippen LogP contribution is 2.39. The van der Waals surface area contributed by atoms with Crippen molar-refractivity contribution < 1.29 is 19.1 Å². The minimum atomic E-state index is -0.279. The lowest BCUT2D eigenvalue weighted by molar-refractivity contribution is -0.144. The average Bonchev–Trinajstić information content (AvgIpc) is 3.01. The first kappa shape index (κ1) is 22.0. The second-order valence-electron chi connectivity index (χ2n) is 9.30. The number of hydrogen-bond acceptors (Lipinski definition) is 6. The molecule has 0 bridgehead atoms. The summed E-state index contributed by atoms with van der Waals surface area (Å²) in [6, 6.07) is 14.3. The van der Waals surface area contributed by atoms with E-state index >= 15 is 0 Å². The molecule has 2 heterocycles. The Bertz CT molecular complexity index is 1050. The number of rotatable bonds is 5. The Hall–Kier alpha value is -2.86. The maximum atomic E-state index is 12.7. The molecule has 2 unspecified atom stereocenters. The summed E-state index contributed by atoms with van der Waals surface area (Å²) in [6.07, 6.45) is 1.62. The largest absolute Gasteiger partial charge is 0.462 e. The van der Waals surface area contributed by atoms with E-state index in [-0.39, 0.29) is 29.9 Å². The molecule has 0 N–H and O–H groups in total. The van der Waals surface area contributed by atoms with Gasteiger partial charge in [-0.05, 0) is 55.5 Å². The molecule has 3 aliphatic rings. The monoisotopic (exact) mass is 448 g/mol. The number of carbonyl (C=O) groups is 2. The number of fused-ring (bicyclic) bond motifs is 3. The number of likely N-dealkylation sites (N-methyl/N-ethyl adjacent to an activating group) is 1. The minimum absolute atomic E-state index is 0.0246. The summed E-state index contributed by atoms with van der Waals surface area (Å²) in [5, 5.41) is 0. The van der Waals surface area contributed by atoms with Crippen LogP contribution in [0.15, 0.2) is 42.5 Å². The molecule has 33 heavy (non-hydrogen) atoms. The Balaban J connectivity index is 1.34. The summed E-state index contributed by atoms with van der Waals surface area (Å²) in [4.78, 5) is 29.7. The first-order chi connectivity index (χ1) is 16.1. The first-order valence-electron chi connectivity index (χ1n) is 12.1. The normalized spacial score (nSPS) is 24.4. The van der Waals surface area contributed by atoms with Crippen molar-refractivity contribution in [3.05, 3.63) is 64.7 Å². The van der Waals surface area contributed by atoms with E-state index in [1.165, 1.54) is 16.7 Å². The van der Waals surface area contributed by atoms with Gasteiger partial charge in [-0.1, -0.05) is 30.3 Å². The van der Waals surface area contributed by atoms with Crippen LogP contribution in [0.5, 0.6) is 0 Å². The fraction of sp³-hybridized carbons (Fsp3) is 0.481. The molecule has 1 aliphatic carbocycles. The molecule has 6 nitrogen and oxygen atoms in total. The number of nitrogens with zero attached hydrogens (tertiary/aromatic N) is 2. The van der Waals surface area contributed by atoms with Gasteiger partial charge in [-0.15, -0.1) is 0 Å². The lowest BCUT2D eigenvalue weighted by atomic mass is 9.75. The van der Waals surface area contributed by atoms with Crippen molar-refractivity contribution in [2.24, 2.45) is 11.8 Å². The van der Waals surface area contributed by atoms with E-state index in [2.05, 4.69) is 41.0 Å². The van der Waals surface area contributed by atoms with Gasteiger partial charge in [0.2, 0.25) is 0 Å². The highest BCUT2D eigenvalue weighted by molar-refractivity contribution is 5.91. The van der Waals surface area contributed by atoms with Crippen molar-refractivity contribution in [2.45, 2.75) is 39.3 Å². The molecule has 6 heteroatoms. The van der Waals surface area contributed by atoms with Gasteiger partial charge in [-0.3, -0.25) is 9.69 Å². The molecule has 0 amide bonds. The van der Waals surface area contributed by atoms with Gasteiger partial charge in [-0.25, -0.2) is 4.79 Å². The van der Waals surface area contributed by atoms with Crippen molar-refractivity contribution in [1.29, 1.82) is 0 Å². The molecular formula is C27H32N2O4. The fourth-order valence-electron chi connectivity index (χ4n) is 5.66. The first-order valence-corrected chi connectivity index (χ1v) is 12.1. The highest BCUT2D eigenvalue weighted by Gasteiger charge is 2.47. The predicted molar refractivity (Wildman–Crippen MR) is 126 cm³/mol. The number of esters is 2. The van der Waals surface area contributed by atoms with E-state index < -0.39 is 0 Å². The van der Waals surface area contributed by atoms with Gasteiger partial charge in [0.15, 0.2) is 0 Å². The van der Waals surface area contributed by atoms with Crippen molar-refractivity contribution in [1.82, 2.24) is 4.90 Å². The van der Waals surface area contributed by atoms with Crippen LogP contribution in [-0.2, 0) is 33.7 Å². The summed E-state index contributed by atoms with van der Waals surface area (Å²) in [7, 11) is 0. The van der Waals surface area contributed by atoms with Gasteiger partial charge in [0.25, 0.3) is 0 Å². The van der Waals surface area contributed by atoms with Crippen LogP contribution in [0, 0.1) is 11.8 Å². The maximum absolute atomic E-state index is 12.7. The molecule has 0 spiro atoms. The maximum Gasteiger partial charge on any atom is 0.338 e. The topological polar surface area (TPSA) is 59.1 Å². The second-order valence-corrected chi connectivity index (χ2v) is 9.30. The van der Waals surface area contributed by atoms with Gasteiger partial charge >= 0.3 is 11.9 Å². The Labute approximate surface area is 195 Å². The van der Waals surface area contributed by atoms with Crippen molar-refractivity contribution in [3.63, 3.8) is 0 Å². The van der Waals surface area contributed by atoms with Gasteiger partial charge < -0.3 is 14.4 Å². The third-order valence-electron chi connectivity index (χ3n) is 7.42. The minimum Gasteiger partial charge on any atom is -0.462 e. The van der Waals surface area contributed by atoms with Gasteiger partial charge in [0.1, 0.15) is 6.10 Å². The van der Waals surface area contributed by atoms with Crippen LogP contribution in [0.3, 0.4) is 0 Å². The quantitative estimate of drug-likeness (QED) is 0.653. The number of carbonyl (C=O) groups excluding carboxylic acids is 2. The summed E-state index contributed by atoms with van der Waals surface area (Å²) in [6.45, 7) is 8.47. The smallest absolute Gasteiger partial charge is 0.338 e. The van der Waals surface area contributed by atoms with Crippen molar-refractivity contribution in [2.75, 3.05) is 37.7 Å². The van der Waals surface area contributed by atoms with Crippen molar-refractivity contribution >= 4 is 17.6 Å². The molecule has 5 rings (SSSR count). The molecular weight excluding hydrogens is 416 g/mol. The van der Waals surface area contributed by atoms with Crippen LogP contribution in [0.4, 0.5) is 5.69 Å². The van der Waals surface area contributed by atoms with Crippen molar-refractivity contribution in [3.8, 4) is 0 Å². The number of anilines is 1. The molecule has 0 aromatic heterocycles. The van der Waals surface area contributed by atoms with Gasteiger partial charge in [0, 0.05) is 44.3 Å². The van der Waals surface area contributed by atoms with E-state index in [0.717, 1.165) is 51.3 Å². The Morgan fingerprint density at radius 1 is 1.06 bits per heavy atom. The zero-order valence-electron chi connectivity index (χ0n) is 19.5. The van der Waals surface area contributed by atoms with E-state index in [1.54, 1.807) is 0 Å². The fourth-order valence-corrected chi connectivity index (χ4v) is 5.66. The van der Waals surface area contributed by atoms with E-state index in [9.17, 15) is 9.59 Å². The lowest BCUT2D eigenvalue weighted by Crippen LogP contribution is -2.40. The summed E-state index contributed by atoms with van der Waals surface area (Å²) in [5.74, 6) is -0.102. The number of hydrogen-bond donors (Lipinski definition) is 0. The number of ether oxygens (including phenoxy) is 2. The molecule has 174 valence electrons. The van der Waals surface area contributed by atoms with Crippen LogP contribution in [0.25, 0.3) is 0 Å². The molecule has 2 aromatic carbocycles. The lowest BCUT2D eigenvalue weighted by Gasteiger charge is -2.30. The third kappa shape index (κ3) is 4.24. The molecule has 2 aliphatic heterocycles. The number of benzene rings is 2. The van der Waals surface area contributed by atoms with E-state index in [0.29, 0.717) is 12.2 Å². The Morgan fingerprint density at radius 3 is 2.61 bits per heavy atom. The third-order valence-corrected chi connectivity index (χ3v) is 7.42. The Kier molecular flexibility index (Phi) is 6.11. The summed E-state index contributed by atoms with van der Waals surface area (Å²) >= 11 is 0. The predicted octanol–water partition coefficient (Wildman–Crippen LogP) is 3.46. The van der Waals surface area contributed by atoms with E-state index in [1.807, 2.05) is 25.1 Å². The molecule has 0 saturated carbocycles. The molecule has 3 atom stereocenters. The van der Waals surface area contributed by atoms with Gasteiger partial charge in [0.05, 0.1) is 18.1 Å².